The first kappa shape index (κ1) is 16.2. The lowest BCUT2D eigenvalue weighted by Gasteiger charge is -2.12. The van der Waals surface area contributed by atoms with Crippen LogP contribution in [0.15, 0.2) is 60.7 Å². The highest BCUT2D eigenvalue weighted by atomic mass is 19.1. The van der Waals surface area contributed by atoms with E-state index in [0.29, 0.717) is 5.56 Å². The molecule has 0 aromatic heterocycles. The molecule has 0 fully saturated rings. The van der Waals surface area contributed by atoms with Gasteiger partial charge in [0, 0.05) is 0 Å². The van der Waals surface area contributed by atoms with Crippen LogP contribution in [0.5, 0.6) is 0 Å². The third-order valence-corrected chi connectivity index (χ3v) is 4.75. The predicted octanol–water partition coefficient (Wildman–Crippen LogP) is 5.52. The fourth-order valence-corrected chi connectivity index (χ4v) is 3.48. The van der Waals surface area contributed by atoms with Gasteiger partial charge in [0.15, 0.2) is 0 Å². The van der Waals surface area contributed by atoms with Crippen molar-refractivity contribution in [2.75, 3.05) is 0 Å². The van der Waals surface area contributed by atoms with Crippen molar-refractivity contribution in [2.45, 2.75) is 12.8 Å². The molecule has 3 aromatic carbocycles. The molecule has 0 atom stereocenters. The van der Waals surface area contributed by atoms with Crippen molar-refractivity contribution >= 4 is 11.6 Å². The summed E-state index contributed by atoms with van der Waals surface area (Å²) in [5.74, 6) is -0.790. The minimum Gasteiger partial charge on any atom is -0.207 e. The SMILES string of the molecule is N#Cc1ccc(C=C2c3ccccc3CCc3cc(F)ccc32)cc1F. The van der Waals surface area contributed by atoms with Crippen molar-refractivity contribution in [1.29, 1.82) is 5.26 Å². The van der Waals surface area contributed by atoms with Crippen LogP contribution in [0.4, 0.5) is 8.78 Å². The number of halogens is 2. The van der Waals surface area contributed by atoms with Crippen LogP contribution in [0.1, 0.15) is 33.4 Å². The van der Waals surface area contributed by atoms with Crippen LogP contribution in [0.25, 0.3) is 11.6 Å². The molecule has 126 valence electrons. The Balaban J connectivity index is 1.94. The van der Waals surface area contributed by atoms with Crippen LogP contribution in [0.2, 0.25) is 0 Å². The molecule has 0 saturated heterocycles. The molecule has 26 heavy (non-hydrogen) atoms. The summed E-state index contributed by atoms with van der Waals surface area (Å²) in [5, 5.41) is 8.91. The van der Waals surface area contributed by atoms with E-state index in [4.69, 9.17) is 5.26 Å². The van der Waals surface area contributed by atoms with E-state index < -0.39 is 5.82 Å². The number of nitriles is 1. The molecule has 0 unspecified atom stereocenters. The van der Waals surface area contributed by atoms with Crippen molar-refractivity contribution in [1.82, 2.24) is 0 Å². The van der Waals surface area contributed by atoms with Crippen LogP contribution in [0.3, 0.4) is 0 Å². The van der Waals surface area contributed by atoms with Crippen LogP contribution in [-0.2, 0) is 12.8 Å². The average molecular weight is 343 g/mol. The fraction of sp³-hybridized carbons (Fsp3) is 0.0870. The summed E-state index contributed by atoms with van der Waals surface area (Å²) >= 11 is 0. The van der Waals surface area contributed by atoms with E-state index in [0.717, 1.165) is 35.1 Å². The van der Waals surface area contributed by atoms with Crippen molar-refractivity contribution in [2.24, 2.45) is 0 Å². The Morgan fingerprint density at radius 3 is 2.42 bits per heavy atom. The van der Waals surface area contributed by atoms with E-state index in [2.05, 4.69) is 6.07 Å². The molecule has 3 aromatic rings. The second-order valence-electron chi connectivity index (χ2n) is 6.37. The summed E-state index contributed by atoms with van der Waals surface area (Å²) in [6.07, 6.45) is 3.49. The monoisotopic (exact) mass is 343 g/mol. The van der Waals surface area contributed by atoms with Gasteiger partial charge < -0.3 is 0 Å². The molecule has 0 N–H and O–H groups in total. The Morgan fingerprint density at radius 1 is 0.846 bits per heavy atom. The van der Waals surface area contributed by atoms with Crippen molar-refractivity contribution in [3.8, 4) is 6.07 Å². The summed E-state index contributed by atoms with van der Waals surface area (Å²) < 4.78 is 27.8. The van der Waals surface area contributed by atoms with E-state index in [1.807, 2.05) is 30.3 Å². The molecular weight excluding hydrogens is 328 g/mol. The first-order valence-electron chi connectivity index (χ1n) is 8.44. The molecule has 1 nitrogen and oxygen atoms in total. The molecule has 0 amide bonds. The first-order valence-corrected chi connectivity index (χ1v) is 8.44. The minimum absolute atomic E-state index is 0.0240. The third kappa shape index (κ3) is 2.91. The Hall–Kier alpha value is -3.25. The topological polar surface area (TPSA) is 23.8 Å². The highest BCUT2D eigenvalue weighted by molar-refractivity contribution is 5.94. The van der Waals surface area contributed by atoms with Gasteiger partial charge in [-0.15, -0.1) is 0 Å². The van der Waals surface area contributed by atoms with Gasteiger partial charge in [-0.25, -0.2) is 8.78 Å². The number of fused-ring (bicyclic) bond motifs is 2. The van der Waals surface area contributed by atoms with Crippen LogP contribution >= 0.6 is 0 Å². The lowest BCUT2D eigenvalue weighted by molar-refractivity contribution is 0.623. The average Bonchev–Trinajstić information content (AvgIpc) is 2.79. The molecule has 0 spiro atoms. The normalized spacial score (nSPS) is 14.3. The molecule has 0 heterocycles. The molecule has 0 saturated carbocycles. The molecule has 0 aliphatic heterocycles. The van der Waals surface area contributed by atoms with Gasteiger partial charge in [-0.1, -0.05) is 36.4 Å². The number of aryl methyl sites for hydroxylation is 2. The Labute approximate surface area is 150 Å². The smallest absolute Gasteiger partial charge is 0.141 e. The molecule has 1 aliphatic carbocycles. The summed E-state index contributed by atoms with van der Waals surface area (Å²) in [7, 11) is 0. The minimum atomic E-state index is -0.539. The van der Waals surface area contributed by atoms with Gasteiger partial charge in [-0.3, -0.25) is 0 Å². The lowest BCUT2D eigenvalue weighted by Crippen LogP contribution is -1.94. The van der Waals surface area contributed by atoms with Crippen LogP contribution < -0.4 is 0 Å². The van der Waals surface area contributed by atoms with Gasteiger partial charge in [0.05, 0.1) is 5.56 Å². The van der Waals surface area contributed by atoms with E-state index in [-0.39, 0.29) is 11.4 Å². The van der Waals surface area contributed by atoms with Gasteiger partial charge in [0.1, 0.15) is 17.7 Å². The summed E-state index contributed by atoms with van der Waals surface area (Å²) in [6.45, 7) is 0. The van der Waals surface area contributed by atoms with Gasteiger partial charge in [-0.2, -0.15) is 5.26 Å². The van der Waals surface area contributed by atoms with Crippen LogP contribution in [-0.4, -0.2) is 0 Å². The first-order chi connectivity index (χ1) is 12.7. The third-order valence-electron chi connectivity index (χ3n) is 4.75. The number of hydrogen-bond acceptors (Lipinski definition) is 1. The highest BCUT2D eigenvalue weighted by Crippen LogP contribution is 2.35. The molecule has 1 aliphatic rings. The van der Waals surface area contributed by atoms with E-state index >= 15 is 0 Å². The molecular formula is C23H15F2N. The zero-order valence-corrected chi connectivity index (χ0v) is 14.0. The summed E-state index contributed by atoms with van der Waals surface area (Å²) in [4.78, 5) is 0. The lowest BCUT2D eigenvalue weighted by atomic mass is 9.92. The van der Waals surface area contributed by atoms with E-state index in [9.17, 15) is 8.78 Å². The zero-order valence-electron chi connectivity index (χ0n) is 14.0. The van der Waals surface area contributed by atoms with Crippen molar-refractivity contribution in [3.63, 3.8) is 0 Å². The number of nitrogens with zero attached hydrogens (tertiary/aromatic N) is 1. The maximum atomic E-state index is 14.0. The summed E-state index contributed by atoms with van der Waals surface area (Å²) in [6, 6.07) is 19.3. The molecule has 0 radical (unpaired) electrons. The highest BCUT2D eigenvalue weighted by Gasteiger charge is 2.18. The van der Waals surface area contributed by atoms with Crippen molar-refractivity contribution in [3.05, 3.63) is 106 Å². The maximum absolute atomic E-state index is 14.0. The maximum Gasteiger partial charge on any atom is 0.141 e. The summed E-state index contributed by atoms with van der Waals surface area (Å²) in [5.41, 5.74) is 5.80. The number of hydrogen-bond donors (Lipinski definition) is 0. The van der Waals surface area contributed by atoms with Gasteiger partial charge in [-0.05, 0) is 76.6 Å². The molecule has 3 heteroatoms. The number of benzene rings is 3. The molecule has 0 bridgehead atoms. The van der Waals surface area contributed by atoms with E-state index in [1.54, 1.807) is 18.2 Å². The Kier molecular flexibility index (Phi) is 4.10. The standard InChI is InChI=1S/C23H15F2N/c24-19-9-10-21-17(13-19)8-7-16-3-1-2-4-20(16)22(21)11-15-5-6-18(14-26)23(25)12-15/h1-6,9-13H,7-8H2. The van der Waals surface area contributed by atoms with E-state index in [1.165, 1.54) is 23.8 Å². The van der Waals surface area contributed by atoms with Crippen LogP contribution in [0, 0.1) is 23.0 Å². The zero-order chi connectivity index (χ0) is 18.1. The van der Waals surface area contributed by atoms with Gasteiger partial charge >= 0.3 is 0 Å². The van der Waals surface area contributed by atoms with Gasteiger partial charge in [0.25, 0.3) is 0 Å². The second-order valence-corrected chi connectivity index (χ2v) is 6.37. The fourth-order valence-electron chi connectivity index (χ4n) is 3.48. The largest absolute Gasteiger partial charge is 0.207 e. The second kappa shape index (κ2) is 6.57. The predicted molar refractivity (Wildman–Crippen MR) is 98.3 cm³/mol. The number of rotatable bonds is 1. The van der Waals surface area contributed by atoms with Gasteiger partial charge in [0.2, 0.25) is 0 Å². The molecule has 4 rings (SSSR count). The Morgan fingerprint density at radius 2 is 1.62 bits per heavy atom. The van der Waals surface area contributed by atoms with Crippen molar-refractivity contribution < 1.29 is 8.78 Å². The Bertz CT molecular complexity index is 1070. The quantitative estimate of drug-likeness (QED) is 0.570.